The summed E-state index contributed by atoms with van der Waals surface area (Å²) >= 11 is 0. The summed E-state index contributed by atoms with van der Waals surface area (Å²) in [4.78, 5) is 26.9. The maximum absolute atomic E-state index is 11.9. The minimum atomic E-state index is -0.577. The molecule has 23 heavy (non-hydrogen) atoms. The Morgan fingerprint density at radius 2 is 2.00 bits per heavy atom. The maximum Gasteiger partial charge on any atom is 0.341 e. The van der Waals surface area contributed by atoms with Crippen LogP contribution in [0.5, 0.6) is 11.6 Å². The Bertz CT molecular complexity index is 739. The van der Waals surface area contributed by atoms with Crippen molar-refractivity contribution >= 4 is 17.8 Å². The summed E-state index contributed by atoms with van der Waals surface area (Å²) in [6, 6.07) is 9.93. The zero-order valence-electron chi connectivity index (χ0n) is 12.7. The van der Waals surface area contributed by atoms with E-state index in [2.05, 4.69) is 4.98 Å². The van der Waals surface area contributed by atoms with Gasteiger partial charge in [-0.1, -0.05) is 12.1 Å². The van der Waals surface area contributed by atoms with Crippen LogP contribution in [-0.2, 0) is 14.3 Å². The first-order chi connectivity index (χ1) is 11.2. The lowest BCUT2D eigenvalue weighted by Gasteiger charge is -2.11. The number of esters is 1. The summed E-state index contributed by atoms with van der Waals surface area (Å²) < 4.78 is 15.4. The first-order valence-electron chi connectivity index (χ1n) is 6.69. The molecule has 1 aromatic carbocycles. The van der Waals surface area contributed by atoms with Gasteiger partial charge in [-0.3, -0.25) is 4.79 Å². The molecule has 0 saturated carbocycles. The van der Waals surface area contributed by atoms with Crippen LogP contribution < -0.4 is 4.74 Å². The van der Waals surface area contributed by atoms with Crippen LogP contribution in [0.25, 0.3) is 5.57 Å². The molecule has 0 N–H and O–H groups in total. The average molecular weight is 313 g/mol. The van der Waals surface area contributed by atoms with Crippen LogP contribution >= 0.6 is 0 Å². The number of nitrogens with zero attached hydrogens (tertiary/aromatic N) is 1. The normalized spacial score (nSPS) is 10.8. The first-order valence-corrected chi connectivity index (χ1v) is 6.69. The van der Waals surface area contributed by atoms with Crippen LogP contribution in [0.4, 0.5) is 0 Å². The molecule has 0 bridgehead atoms. The third-order valence-corrected chi connectivity index (χ3v) is 2.91. The van der Waals surface area contributed by atoms with Crippen LogP contribution in [0.15, 0.2) is 48.9 Å². The lowest BCUT2D eigenvalue weighted by molar-refractivity contribution is -0.133. The van der Waals surface area contributed by atoms with Gasteiger partial charge in [-0.15, -0.1) is 0 Å². The van der Waals surface area contributed by atoms with Crippen LogP contribution in [0, 0.1) is 0 Å². The molecular formula is C17H15NO5. The van der Waals surface area contributed by atoms with Gasteiger partial charge in [-0.25, -0.2) is 9.78 Å². The molecule has 2 rings (SSSR count). The Hall–Kier alpha value is -3.15. The van der Waals surface area contributed by atoms with Crippen molar-refractivity contribution in [2.45, 2.75) is 0 Å². The standard InChI is InChI=1S/C17H15NO5/c1-21-11-15(17(20)22-2)14-7-4-8-18-16(14)23-13-6-3-5-12(9-13)10-19/h3-11H,1-2H3/b15-11+. The van der Waals surface area contributed by atoms with E-state index >= 15 is 0 Å². The minimum absolute atomic E-state index is 0.171. The molecule has 6 nitrogen and oxygen atoms in total. The Labute approximate surface area is 133 Å². The molecule has 0 spiro atoms. The topological polar surface area (TPSA) is 74.7 Å². The van der Waals surface area contributed by atoms with Crippen molar-refractivity contribution in [2.24, 2.45) is 0 Å². The highest BCUT2D eigenvalue weighted by atomic mass is 16.5. The summed E-state index contributed by atoms with van der Waals surface area (Å²) in [5, 5.41) is 0. The van der Waals surface area contributed by atoms with Gasteiger partial charge in [0.1, 0.15) is 17.6 Å². The van der Waals surface area contributed by atoms with Gasteiger partial charge in [0.15, 0.2) is 0 Å². The number of carbonyl (C=O) groups excluding carboxylic acids is 2. The fraction of sp³-hybridized carbons (Fsp3) is 0.118. The Kier molecular flexibility index (Phi) is 5.46. The van der Waals surface area contributed by atoms with Crippen molar-refractivity contribution in [2.75, 3.05) is 14.2 Å². The molecule has 0 atom stereocenters. The Balaban J connectivity index is 2.42. The number of ether oxygens (including phenoxy) is 3. The summed E-state index contributed by atoms with van der Waals surface area (Å²) in [6.45, 7) is 0. The van der Waals surface area contributed by atoms with E-state index in [1.54, 1.807) is 36.4 Å². The van der Waals surface area contributed by atoms with Crippen molar-refractivity contribution in [1.29, 1.82) is 0 Å². The smallest absolute Gasteiger partial charge is 0.341 e. The minimum Gasteiger partial charge on any atom is -0.503 e. The quantitative estimate of drug-likeness (QED) is 0.353. The van der Waals surface area contributed by atoms with E-state index in [0.717, 1.165) is 6.29 Å². The summed E-state index contributed by atoms with van der Waals surface area (Å²) in [5.41, 5.74) is 1.06. The van der Waals surface area contributed by atoms with E-state index in [1.807, 2.05) is 0 Å². The zero-order valence-corrected chi connectivity index (χ0v) is 12.7. The molecule has 118 valence electrons. The molecule has 2 aromatic rings. The highest BCUT2D eigenvalue weighted by molar-refractivity contribution is 6.16. The third kappa shape index (κ3) is 3.94. The van der Waals surface area contributed by atoms with Crippen LogP contribution in [0.1, 0.15) is 15.9 Å². The first kappa shape index (κ1) is 16.2. The number of carbonyl (C=O) groups is 2. The average Bonchev–Trinajstić information content (AvgIpc) is 2.60. The predicted octanol–water partition coefficient (Wildman–Crippen LogP) is 2.85. The molecule has 0 aliphatic heterocycles. The van der Waals surface area contributed by atoms with Gasteiger partial charge in [-0.2, -0.15) is 0 Å². The number of aromatic nitrogens is 1. The van der Waals surface area contributed by atoms with Gasteiger partial charge in [-0.05, 0) is 24.3 Å². The van der Waals surface area contributed by atoms with Gasteiger partial charge in [0.05, 0.1) is 26.0 Å². The number of hydrogen-bond donors (Lipinski definition) is 0. The van der Waals surface area contributed by atoms with Crippen LogP contribution in [0.2, 0.25) is 0 Å². The lowest BCUT2D eigenvalue weighted by atomic mass is 10.1. The van der Waals surface area contributed by atoms with Crippen molar-refractivity contribution in [3.8, 4) is 11.6 Å². The predicted molar refractivity (Wildman–Crippen MR) is 83.1 cm³/mol. The van der Waals surface area contributed by atoms with E-state index < -0.39 is 5.97 Å². The summed E-state index contributed by atoms with van der Waals surface area (Å²) in [6.07, 6.45) is 3.51. The maximum atomic E-state index is 11.9. The number of rotatable bonds is 6. The van der Waals surface area contributed by atoms with E-state index in [0.29, 0.717) is 16.9 Å². The molecule has 0 radical (unpaired) electrons. The molecule has 0 amide bonds. The molecular weight excluding hydrogens is 298 g/mol. The van der Waals surface area contributed by atoms with E-state index in [1.165, 1.54) is 26.7 Å². The van der Waals surface area contributed by atoms with Crippen molar-refractivity contribution in [1.82, 2.24) is 4.98 Å². The van der Waals surface area contributed by atoms with E-state index in [9.17, 15) is 9.59 Å². The number of aldehydes is 1. The summed E-state index contributed by atoms with van der Waals surface area (Å²) in [7, 11) is 2.70. The van der Waals surface area contributed by atoms with Gasteiger partial charge in [0.2, 0.25) is 5.88 Å². The van der Waals surface area contributed by atoms with E-state index in [4.69, 9.17) is 14.2 Å². The zero-order chi connectivity index (χ0) is 16.7. The highest BCUT2D eigenvalue weighted by Crippen LogP contribution is 2.29. The fourth-order valence-corrected chi connectivity index (χ4v) is 1.89. The molecule has 0 saturated heterocycles. The number of benzene rings is 1. The van der Waals surface area contributed by atoms with Crippen LogP contribution in [-0.4, -0.2) is 31.5 Å². The number of methoxy groups -OCH3 is 2. The second kappa shape index (κ2) is 7.74. The van der Waals surface area contributed by atoms with Crippen molar-refractivity contribution in [3.63, 3.8) is 0 Å². The highest BCUT2D eigenvalue weighted by Gasteiger charge is 2.19. The Morgan fingerprint density at radius 1 is 1.17 bits per heavy atom. The molecule has 0 aliphatic carbocycles. The second-order valence-electron chi connectivity index (χ2n) is 4.41. The van der Waals surface area contributed by atoms with Gasteiger partial charge in [0.25, 0.3) is 0 Å². The molecule has 0 aliphatic rings. The number of pyridine rings is 1. The lowest BCUT2D eigenvalue weighted by Crippen LogP contribution is -2.06. The molecule has 0 unspecified atom stereocenters. The van der Waals surface area contributed by atoms with Crippen molar-refractivity contribution in [3.05, 3.63) is 60.0 Å². The van der Waals surface area contributed by atoms with Gasteiger partial charge in [0, 0.05) is 11.8 Å². The van der Waals surface area contributed by atoms with Gasteiger partial charge >= 0.3 is 5.97 Å². The second-order valence-corrected chi connectivity index (χ2v) is 4.41. The summed E-state index contributed by atoms with van der Waals surface area (Å²) in [5.74, 6) is 0.0479. The Morgan fingerprint density at radius 3 is 2.70 bits per heavy atom. The van der Waals surface area contributed by atoms with E-state index in [-0.39, 0.29) is 11.5 Å². The molecule has 6 heteroatoms. The fourth-order valence-electron chi connectivity index (χ4n) is 1.89. The monoisotopic (exact) mass is 313 g/mol. The largest absolute Gasteiger partial charge is 0.503 e. The SMILES string of the molecule is CO/C=C(/C(=O)OC)c1cccnc1Oc1cccc(C=O)c1. The molecule has 1 heterocycles. The van der Waals surface area contributed by atoms with Crippen LogP contribution in [0.3, 0.4) is 0 Å². The number of hydrogen-bond acceptors (Lipinski definition) is 6. The third-order valence-electron chi connectivity index (χ3n) is 2.91. The molecule has 1 aromatic heterocycles. The van der Waals surface area contributed by atoms with Crippen molar-refractivity contribution < 1.29 is 23.8 Å². The molecule has 0 fully saturated rings. The van der Waals surface area contributed by atoms with Gasteiger partial charge < -0.3 is 14.2 Å².